The number of anilines is 1. The first-order chi connectivity index (χ1) is 8.19. The summed E-state index contributed by atoms with van der Waals surface area (Å²) < 4.78 is 11.5. The average molecular weight is 295 g/mol. The standard InChI is InChI=1S/C12H11BrN2O2/c1-16-11-4-3-9(6-10(11)14)17-12-5-2-8(13)7-15-12/h2-7H,14H2,1H3. The first-order valence-electron chi connectivity index (χ1n) is 4.92. The van der Waals surface area contributed by atoms with Crippen LogP contribution < -0.4 is 15.2 Å². The molecule has 2 N–H and O–H groups in total. The summed E-state index contributed by atoms with van der Waals surface area (Å²) in [4.78, 5) is 4.10. The molecule has 4 nitrogen and oxygen atoms in total. The van der Waals surface area contributed by atoms with Gasteiger partial charge >= 0.3 is 0 Å². The summed E-state index contributed by atoms with van der Waals surface area (Å²) in [5.74, 6) is 1.76. The molecule has 0 aliphatic carbocycles. The zero-order valence-corrected chi connectivity index (χ0v) is 10.8. The number of aromatic nitrogens is 1. The van der Waals surface area contributed by atoms with Gasteiger partial charge in [0.1, 0.15) is 11.5 Å². The summed E-state index contributed by atoms with van der Waals surface area (Å²) in [6, 6.07) is 8.85. The second kappa shape index (κ2) is 5.05. The Morgan fingerprint density at radius 3 is 2.65 bits per heavy atom. The van der Waals surface area contributed by atoms with Crippen molar-refractivity contribution >= 4 is 21.6 Å². The minimum Gasteiger partial charge on any atom is -0.495 e. The van der Waals surface area contributed by atoms with E-state index in [1.807, 2.05) is 6.07 Å². The smallest absolute Gasteiger partial charge is 0.219 e. The Hall–Kier alpha value is -1.75. The third kappa shape index (κ3) is 2.88. The highest BCUT2D eigenvalue weighted by Gasteiger charge is 2.03. The summed E-state index contributed by atoms with van der Waals surface area (Å²) in [7, 11) is 1.57. The number of pyridine rings is 1. The van der Waals surface area contributed by atoms with Crippen molar-refractivity contribution in [2.24, 2.45) is 0 Å². The highest BCUT2D eigenvalue weighted by molar-refractivity contribution is 9.10. The highest BCUT2D eigenvalue weighted by Crippen LogP contribution is 2.28. The molecule has 0 saturated heterocycles. The van der Waals surface area contributed by atoms with E-state index < -0.39 is 0 Å². The van der Waals surface area contributed by atoms with Gasteiger partial charge in [0.15, 0.2) is 0 Å². The molecule has 17 heavy (non-hydrogen) atoms. The Labute approximate surface area is 108 Å². The zero-order chi connectivity index (χ0) is 12.3. The van der Waals surface area contributed by atoms with Crippen molar-refractivity contribution in [1.82, 2.24) is 4.98 Å². The van der Waals surface area contributed by atoms with Crippen LogP contribution >= 0.6 is 15.9 Å². The predicted molar refractivity (Wildman–Crippen MR) is 69.4 cm³/mol. The van der Waals surface area contributed by atoms with Crippen LogP contribution in [-0.2, 0) is 0 Å². The minimum absolute atomic E-state index is 0.512. The van der Waals surface area contributed by atoms with Crippen molar-refractivity contribution in [2.45, 2.75) is 0 Å². The van der Waals surface area contributed by atoms with E-state index in [1.165, 1.54) is 0 Å². The molecule has 88 valence electrons. The molecule has 0 saturated carbocycles. The summed E-state index contributed by atoms with van der Waals surface area (Å²) in [6.45, 7) is 0. The van der Waals surface area contributed by atoms with Crippen LogP contribution in [0.1, 0.15) is 0 Å². The quantitative estimate of drug-likeness (QED) is 0.883. The van der Waals surface area contributed by atoms with E-state index in [0.29, 0.717) is 23.1 Å². The number of nitrogen functional groups attached to an aromatic ring is 1. The number of nitrogens with zero attached hydrogens (tertiary/aromatic N) is 1. The maximum absolute atomic E-state index is 5.78. The first-order valence-corrected chi connectivity index (χ1v) is 5.71. The third-order valence-corrected chi connectivity index (χ3v) is 2.59. The molecule has 1 aromatic heterocycles. The summed E-state index contributed by atoms with van der Waals surface area (Å²) in [6.07, 6.45) is 1.67. The lowest BCUT2D eigenvalue weighted by molar-refractivity contribution is 0.414. The maximum Gasteiger partial charge on any atom is 0.219 e. The molecule has 0 amide bonds. The van der Waals surface area contributed by atoms with Crippen molar-refractivity contribution in [3.63, 3.8) is 0 Å². The van der Waals surface area contributed by atoms with Crippen LogP contribution in [0, 0.1) is 0 Å². The van der Waals surface area contributed by atoms with Crippen LogP contribution in [0.15, 0.2) is 41.0 Å². The maximum atomic E-state index is 5.78. The molecule has 1 heterocycles. The van der Waals surface area contributed by atoms with Crippen LogP contribution in [0.5, 0.6) is 17.4 Å². The van der Waals surface area contributed by atoms with Crippen molar-refractivity contribution in [3.8, 4) is 17.4 Å². The minimum atomic E-state index is 0.512. The van der Waals surface area contributed by atoms with Gasteiger partial charge in [0, 0.05) is 22.8 Å². The average Bonchev–Trinajstić information content (AvgIpc) is 2.32. The molecule has 0 unspecified atom stereocenters. The largest absolute Gasteiger partial charge is 0.495 e. The zero-order valence-electron chi connectivity index (χ0n) is 9.18. The molecule has 0 aliphatic heterocycles. The van der Waals surface area contributed by atoms with E-state index in [2.05, 4.69) is 20.9 Å². The number of hydrogen-bond donors (Lipinski definition) is 1. The van der Waals surface area contributed by atoms with E-state index in [9.17, 15) is 0 Å². The molecule has 5 heteroatoms. The van der Waals surface area contributed by atoms with E-state index >= 15 is 0 Å². The second-order valence-electron chi connectivity index (χ2n) is 3.32. The monoisotopic (exact) mass is 294 g/mol. The SMILES string of the molecule is COc1ccc(Oc2ccc(Br)cn2)cc1N. The van der Waals surface area contributed by atoms with Gasteiger partial charge in [-0.25, -0.2) is 4.98 Å². The molecule has 2 aromatic rings. The van der Waals surface area contributed by atoms with E-state index in [1.54, 1.807) is 37.6 Å². The molecule has 0 fully saturated rings. The normalized spacial score (nSPS) is 10.0. The summed E-state index contributed by atoms with van der Waals surface area (Å²) in [5, 5.41) is 0. The van der Waals surface area contributed by atoms with Crippen LogP contribution in [0.4, 0.5) is 5.69 Å². The fourth-order valence-corrected chi connectivity index (χ4v) is 1.55. The lowest BCUT2D eigenvalue weighted by Gasteiger charge is -2.08. The second-order valence-corrected chi connectivity index (χ2v) is 4.24. The summed E-state index contributed by atoms with van der Waals surface area (Å²) in [5.41, 5.74) is 6.31. The molecule has 0 spiro atoms. The van der Waals surface area contributed by atoms with Crippen molar-refractivity contribution in [1.29, 1.82) is 0 Å². The van der Waals surface area contributed by atoms with Gasteiger partial charge in [-0.2, -0.15) is 0 Å². The van der Waals surface area contributed by atoms with Crippen LogP contribution in [0.2, 0.25) is 0 Å². The van der Waals surface area contributed by atoms with Crippen LogP contribution in [0.3, 0.4) is 0 Å². The van der Waals surface area contributed by atoms with E-state index in [-0.39, 0.29) is 0 Å². The third-order valence-electron chi connectivity index (χ3n) is 2.12. The Kier molecular flexibility index (Phi) is 3.49. The fourth-order valence-electron chi connectivity index (χ4n) is 1.32. The van der Waals surface area contributed by atoms with Gasteiger partial charge in [-0.15, -0.1) is 0 Å². The molecule has 1 aromatic carbocycles. The van der Waals surface area contributed by atoms with Crippen LogP contribution in [-0.4, -0.2) is 12.1 Å². The van der Waals surface area contributed by atoms with Crippen molar-refractivity contribution in [3.05, 3.63) is 41.0 Å². The number of methoxy groups -OCH3 is 1. The number of nitrogens with two attached hydrogens (primary N) is 1. The molecular weight excluding hydrogens is 284 g/mol. The Balaban J connectivity index is 2.19. The first kappa shape index (κ1) is 11.7. The van der Waals surface area contributed by atoms with Gasteiger partial charge in [-0.1, -0.05) is 0 Å². The number of rotatable bonds is 3. The predicted octanol–water partition coefficient (Wildman–Crippen LogP) is 3.23. The van der Waals surface area contributed by atoms with Gasteiger partial charge in [-0.05, 0) is 34.1 Å². The van der Waals surface area contributed by atoms with E-state index in [4.69, 9.17) is 15.2 Å². The number of halogens is 1. The Bertz CT molecular complexity index is 514. The molecule has 0 aliphatic rings. The molecule has 2 rings (SSSR count). The molecule has 0 radical (unpaired) electrons. The number of hydrogen-bond acceptors (Lipinski definition) is 4. The number of benzene rings is 1. The lowest BCUT2D eigenvalue weighted by Crippen LogP contribution is -1.93. The fraction of sp³-hybridized carbons (Fsp3) is 0.0833. The van der Waals surface area contributed by atoms with Gasteiger partial charge < -0.3 is 15.2 Å². The Morgan fingerprint density at radius 1 is 1.24 bits per heavy atom. The summed E-state index contributed by atoms with van der Waals surface area (Å²) >= 11 is 3.31. The van der Waals surface area contributed by atoms with E-state index in [0.717, 1.165) is 4.47 Å². The van der Waals surface area contributed by atoms with Gasteiger partial charge in [0.05, 0.1) is 12.8 Å². The Morgan fingerprint density at radius 2 is 2.06 bits per heavy atom. The van der Waals surface area contributed by atoms with Gasteiger partial charge in [0.25, 0.3) is 0 Å². The number of ether oxygens (including phenoxy) is 2. The van der Waals surface area contributed by atoms with Crippen LogP contribution in [0.25, 0.3) is 0 Å². The molecular formula is C12H11BrN2O2. The van der Waals surface area contributed by atoms with Gasteiger partial charge in [0.2, 0.25) is 5.88 Å². The molecule has 0 bridgehead atoms. The van der Waals surface area contributed by atoms with Crippen molar-refractivity contribution < 1.29 is 9.47 Å². The lowest BCUT2D eigenvalue weighted by atomic mass is 10.3. The highest BCUT2D eigenvalue weighted by atomic mass is 79.9. The van der Waals surface area contributed by atoms with Crippen molar-refractivity contribution in [2.75, 3.05) is 12.8 Å². The van der Waals surface area contributed by atoms with Gasteiger partial charge in [-0.3, -0.25) is 0 Å². The topological polar surface area (TPSA) is 57.4 Å². The molecule has 0 atom stereocenters.